The molecular weight excluding hydrogens is 496 g/mol. The van der Waals surface area contributed by atoms with Crippen LogP contribution in [-0.2, 0) is 31.9 Å². The molecular formula is C31H34N2O6. The van der Waals surface area contributed by atoms with Crippen molar-refractivity contribution in [3.63, 3.8) is 0 Å². The molecule has 1 aliphatic rings. The Labute approximate surface area is 228 Å². The van der Waals surface area contributed by atoms with Gasteiger partial charge in [-0.05, 0) is 35.1 Å². The SMILES string of the molecule is COC(=O)N[C@H](C(=O)Cc1ccccc1CC[C@@H]1CN[C@H](C(=O)O)CO1)C(c1ccccc1)c1ccccc1. The molecule has 3 aromatic carbocycles. The summed E-state index contributed by atoms with van der Waals surface area (Å²) in [5.74, 6) is -1.46. The maximum atomic E-state index is 13.9. The third-order valence-electron chi connectivity index (χ3n) is 7.06. The Bertz CT molecular complexity index is 1200. The van der Waals surface area contributed by atoms with Crippen molar-refractivity contribution in [2.24, 2.45) is 0 Å². The highest BCUT2D eigenvalue weighted by molar-refractivity contribution is 5.91. The molecule has 1 fully saturated rings. The van der Waals surface area contributed by atoms with Crippen LogP contribution < -0.4 is 10.6 Å². The summed E-state index contributed by atoms with van der Waals surface area (Å²) >= 11 is 0. The number of nitrogens with one attached hydrogen (secondary N) is 2. The van der Waals surface area contributed by atoms with Crippen LogP contribution in [0.1, 0.15) is 34.6 Å². The van der Waals surface area contributed by atoms with Crippen LogP contribution in [0.5, 0.6) is 0 Å². The minimum atomic E-state index is -0.920. The number of ketones is 1. The quantitative estimate of drug-likeness (QED) is 0.346. The van der Waals surface area contributed by atoms with E-state index in [2.05, 4.69) is 10.6 Å². The van der Waals surface area contributed by atoms with E-state index in [1.165, 1.54) is 7.11 Å². The Balaban J connectivity index is 1.54. The smallest absolute Gasteiger partial charge is 0.407 e. The monoisotopic (exact) mass is 530 g/mol. The van der Waals surface area contributed by atoms with E-state index in [9.17, 15) is 14.4 Å². The van der Waals surface area contributed by atoms with Crippen molar-refractivity contribution in [1.82, 2.24) is 10.6 Å². The molecule has 0 aromatic heterocycles. The Morgan fingerprint density at radius 1 is 0.949 bits per heavy atom. The third kappa shape index (κ3) is 7.52. The average molecular weight is 531 g/mol. The zero-order valence-corrected chi connectivity index (χ0v) is 21.9. The molecule has 0 saturated carbocycles. The number of methoxy groups -OCH3 is 1. The second-order valence-corrected chi connectivity index (χ2v) is 9.62. The van der Waals surface area contributed by atoms with Gasteiger partial charge in [0.05, 0.1) is 19.8 Å². The van der Waals surface area contributed by atoms with Crippen LogP contribution in [0.15, 0.2) is 84.9 Å². The van der Waals surface area contributed by atoms with Crippen LogP contribution in [-0.4, -0.2) is 61.4 Å². The van der Waals surface area contributed by atoms with Crippen LogP contribution in [0.2, 0.25) is 0 Å². The number of rotatable bonds is 11. The fourth-order valence-corrected chi connectivity index (χ4v) is 4.99. The van der Waals surface area contributed by atoms with E-state index in [1.54, 1.807) is 0 Å². The lowest BCUT2D eigenvalue weighted by molar-refractivity contribution is -0.144. The summed E-state index contributed by atoms with van der Waals surface area (Å²) in [5, 5.41) is 15.0. The number of carbonyl (C=O) groups excluding carboxylic acids is 2. The summed E-state index contributed by atoms with van der Waals surface area (Å²) in [6, 6.07) is 25.6. The van der Waals surface area contributed by atoms with Gasteiger partial charge < -0.3 is 19.9 Å². The number of ether oxygens (including phenoxy) is 2. The lowest BCUT2D eigenvalue weighted by Gasteiger charge is -2.29. The first kappa shape index (κ1) is 28.0. The Morgan fingerprint density at radius 2 is 1.54 bits per heavy atom. The standard InChI is InChI=1S/C31H34N2O6/c1-38-31(37)33-29(28(22-11-4-2-5-12-22)23-13-6-3-7-14-23)27(34)18-24-15-9-8-10-21(24)16-17-25-19-32-26(20-39-25)30(35)36/h2-15,25-26,28-29,32H,16-20H2,1H3,(H,33,37)(H,35,36)/t25-,26+,29-/m1/s1. The highest BCUT2D eigenvalue weighted by Gasteiger charge is 2.33. The second-order valence-electron chi connectivity index (χ2n) is 9.62. The number of hydrogen-bond donors (Lipinski definition) is 3. The molecule has 39 heavy (non-hydrogen) atoms. The molecule has 8 nitrogen and oxygen atoms in total. The van der Waals surface area contributed by atoms with Gasteiger partial charge in [0.15, 0.2) is 5.78 Å². The number of benzene rings is 3. The largest absolute Gasteiger partial charge is 0.480 e. The number of Topliss-reactive ketones (excluding diaryl/α,β-unsaturated/α-hetero) is 1. The summed E-state index contributed by atoms with van der Waals surface area (Å²) in [5.41, 5.74) is 3.72. The summed E-state index contributed by atoms with van der Waals surface area (Å²) in [4.78, 5) is 37.5. The molecule has 3 atom stereocenters. The molecule has 0 spiro atoms. The molecule has 3 N–H and O–H groups in total. The first-order valence-electron chi connectivity index (χ1n) is 13.1. The lowest BCUT2D eigenvalue weighted by Crippen LogP contribution is -2.50. The normalized spacial score (nSPS) is 17.8. The molecule has 1 aliphatic heterocycles. The van der Waals surface area contributed by atoms with E-state index in [-0.39, 0.29) is 24.9 Å². The van der Waals surface area contributed by atoms with Crippen molar-refractivity contribution >= 4 is 17.8 Å². The molecule has 0 aliphatic carbocycles. The van der Waals surface area contributed by atoms with Gasteiger partial charge in [0.2, 0.25) is 0 Å². The predicted octanol–water partition coefficient (Wildman–Crippen LogP) is 3.73. The van der Waals surface area contributed by atoms with E-state index in [0.717, 1.165) is 22.3 Å². The van der Waals surface area contributed by atoms with Crippen molar-refractivity contribution in [3.8, 4) is 0 Å². The highest BCUT2D eigenvalue weighted by atomic mass is 16.5. The summed E-state index contributed by atoms with van der Waals surface area (Å²) in [7, 11) is 1.28. The molecule has 4 rings (SSSR count). The van der Waals surface area contributed by atoms with Crippen LogP contribution in [0, 0.1) is 0 Å². The fraction of sp³-hybridized carbons (Fsp3) is 0.323. The molecule has 8 heteroatoms. The Kier molecular flexibility index (Phi) is 9.83. The molecule has 0 unspecified atom stereocenters. The first-order valence-corrected chi connectivity index (χ1v) is 13.1. The van der Waals surface area contributed by atoms with Gasteiger partial charge >= 0.3 is 12.1 Å². The van der Waals surface area contributed by atoms with Crippen LogP contribution >= 0.6 is 0 Å². The van der Waals surface area contributed by atoms with Gasteiger partial charge in [-0.1, -0.05) is 84.9 Å². The molecule has 204 valence electrons. The van der Waals surface area contributed by atoms with Crippen molar-refractivity contribution in [2.45, 2.75) is 43.4 Å². The van der Waals surface area contributed by atoms with Gasteiger partial charge in [-0.3, -0.25) is 14.9 Å². The van der Waals surface area contributed by atoms with Gasteiger partial charge in [0.25, 0.3) is 0 Å². The van der Waals surface area contributed by atoms with Gasteiger partial charge in [0, 0.05) is 18.9 Å². The van der Waals surface area contributed by atoms with Crippen LogP contribution in [0.4, 0.5) is 4.79 Å². The van der Waals surface area contributed by atoms with Crippen LogP contribution in [0.3, 0.4) is 0 Å². The van der Waals surface area contributed by atoms with Gasteiger partial charge in [-0.2, -0.15) is 0 Å². The van der Waals surface area contributed by atoms with Crippen LogP contribution in [0.25, 0.3) is 0 Å². The number of morpholine rings is 1. The Morgan fingerprint density at radius 3 is 2.08 bits per heavy atom. The average Bonchev–Trinajstić information content (AvgIpc) is 2.97. The molecule has 1 amide bonds. The number of alkyl carbamates (subject to hydrolysis) is 1. The maximum Gasteiger partial charge on any atom is 0.407 e. The molecule has 0 radical (unpaired) electrons. The predicted molar refractivity (Wildman–Crippen MR) is 147 cm³/mol. The first-order chi connectivity index (χ1) is 19.0. The van der Waals surface area contributed by atoms with Gasteiger partial charge in [-0.25, -0.2) is 4.79 Å². The Hall–Kier alpha value is -4.01. The minimum Gasteiger partial charge on any atom is -0.480 e. The lowest BCUT2D eigenvalue weighted by atomic mass is 9.81. The summed E-state index contributed by atoms with van der Waals surface area (Å²) < 4.78 is 10.6. The zero-order valence-electron chi connectivity index (χ0n) is 21.9. The molecule has 1 saturated heterocycles. The molecule has 3 aromatic rings. The molecule has 1 heterocycles. The summed E-state index contributed by atoms with van der Waals surface area (Å²) in [6.07, 6.45) is 0.708. The van der Waals surface area contributed by atoms with Crippen molar-refractivity contribution in [1.29, 1.82) is 0 Å². The highest BCUT2D eigenvalue weighted by Crippen LogP contribution is 2.30. The van der Waals surface area contributed by atoms with E-state index >= 15 is 0 Å². The number of aryl methyl sites for hydroxylation is 1. The van der Waals surface area contributed by atoms with E-state index in [0.29, 0.717) is 19.4 Å². The number of carboxylic acids is 1. The zero-order chi connectivity index (χ0) is 27.6. The number of carboxylic acid groups (broad SMARTS) is 1. The van der Waals surface area contributed by atoms with E-state index < -0.39 is 30.1 Å². The van der Waals surface area contributed by atoms with Crippen molar-refractivity contribution in [3.05, 3.63) is 107 Å². The fourth-order valence-electron chi connectivity index (χ4n) is 4.99. The van der Waals surface area contributed by atoms with Crippen molar-refractivity contribution < 1.29 is 29.0 Å². The number of amides is 1. The number of carbonyl (C=O) groups is 3. The maximum absolute atomic E-state index is 13.9. The third-order valence-corrected chi connectivity index (χ3v) is 7.06. The number of aliphatic carboxylic acids is 1. The van der Waals surface area contributed by atoms with Gasteiger partial charge in [-0.15, -0.1) is 0 Å². The topological polar surface area (TPSA) is 114 Å². The minimum absolute atomic E-state index is 0.112. The second kappa shape index (κ2) is 13.7. The summed E-state index contributed by atoms with van der Waals surface area (Å²) in [6.45, 7) is 0.584. The molecule has 0 bridgehead atoms. The van der Waals surface area contributed by atoms with Crippen molar-refractivity contribution in [2.75, 3.05) is 20.3 Å². The number of hydrogen-bond acceptors (Lipinski definition) is 6. The van der Waals surface area contributed by atoms with E-state index in [4.69, 9.17) is 14.6 Å². The van der Waals surface area contributed by atoms with Gasteiger partial charge in [0.1, 0.15) is 12.1 Å². The van der Waals surface area contributed by atoms with E-state index in [1.807, 2.05) is 84.9 Å².